The molecule has 0 atom stereocenters. The van der Waals surface area contributed by atoms with Crippen LogP contribution in [0.25, 0.3) is 0 Å². The summed E-state index contributed by atoms with van der Waals surface area (Å²) in [6.07, 6.45) is 6.74. The van der Waals surface area contributed by atoms with Gasteiger partial charge in [-0.2, -0.15) is 0 Å². The van der Waals surface area contributed by atoms with E-state index in [-0.39, 0.29) is 24.0 Å². The molecule has 24 heavy (non-hydrogen) atoms. The SMILES string of the molecule is CCNC(=NCCC1CCN(C)CC1)NCCc1ncc(C)s1.I. The van der Waals surface area contributed by atoms with Crippen LogP contribution in [0.4, 0.5) is 0 Å². The van der Waals surface area contributed by atoms with Crippen molar-refractivity contribution in [2.24, 2.45) is 10.9 Å². The molecular formula is C17H32IN5S. The number of aliphatic imine (C=N–C) groups is 1. The van der Waals surface area contributed by atoms with Gasteiger partial charge in [0.1, 0.15) is 0 Å². The number of nitrogens with zero attached hydrogens (tertiary/aromatic N) is 3. The zero-order valence-electron chi connectivity index (χ0n) is 15.2. The van der Waals surface area contributed by atoms with E-state index in [2.05, 4.69) is 41.4 Å². The molecule has 0 spiro atoms. The van der Waals surface area contributed by atoms with Crippen molar-refractivity contribution >= 4 is 41.3 Å². The summed E-state index contributed by atoms with van der Waals surface area (Å²) in [5, 5.41) is 7.94. The molecule has 138 valence electrons. The van der Waals surface area contributed by atoms with Crippen molar-refractivity contribution < 1.29 is 0 Å². The van der Waals surface area contributed by atoms with Crippen molar-refractivity contribution in [1.29, 1.82) is 0 Å². The molecule has 1 aliphatic rings. The number of hydrogen-bond donors (Lipinski definition) is 2. The van der Waals surface area contributed by atoms with Gasteiger partial charge >= 0.3 is 0 Å². The van der Waals surface area contributed by atoms with E-state index in [0.29, 0.717) is 0 Å². The summed E-state index contributed by atoms with van der Waals surface area (Å²) in [7, 11) is 2.21. The fourth-order valence-electron chi connectivity index (χ4n) is 2.86. The van der Waals surface area contributed by atoms with Crippen LogP contribution in [0.3, 0.4) is 0 Å². The average Bonchev–Trinajstić information content (AvgIpc) is 2.95. The average molecular weight is 465 g/mol. The van der Waals surface area contributed by atoms with Crippen LogP contribution in [0.1, 0.15) is 36.1 Å². The third kappa shape index (κ3) is 8.11. The van der Waals surface area contributed by atoms with E-state index in [1.807, 2.05) is 6.20 Å². The second-order valence-electron chi connectivity index (χ2n) is 6.34. The molecule has 2 N–H and O–H groups in total. The van der Waals surface area contributed by atoms with Crippen molar-refractivity contribution in [3.8, 4) is 0 Å². The summed E-state index contributed by atoms with van der Waals surface area (Å²) in [4.78, 5) is 12.8. The van der Waals surface area contributed by atoms with Crippen LogP contribution in [-0.4, -0.2) is 55.6 Å². The minimum absolute atomic E-state index is 0. The number of halogens is 1. The maximum Gasteiger partial charge on any atom is 0.191 e. The monoisotopic (exact) mass is 465 g/mol. The molecular weight excluding hydrogens is 433 g/mol. The lowest BCUT2D eigenvalue weighted by atomic mass is 9.94. The zero-order valence-corrected chi connectivity index (χ0v) is 18.3. The molecule has 0 saturated carbocycles. The first-order valence-electron chi connectivity index (χ1n) is 8.79. The van der Waals surface area contributed by atoms with E-state index < -0.39 is 0 Å². The second kappa shape index (κ2) is 12.0. The van der Waals surface area contributed by atoms with Gasteiger partial charge in [-0.25, -0.2) is 4.98 Å². The van der Waals surface area contributed by atoms with Gasteiger partial charge in [-0.1, -0.05) is 0 Å². The quantitative estimate of drug-likeness (QED) is 0.370. The Kier molecular flexibility index (Phi) is 10.8. The van der Waals surface area contributed by atoms with Gasteiger partial charge in [-0.05, 0) is 59.2 Å². The minimum atomic E-state index is 0. The number of aryl methyl sites for hydroxylation is 1. The molecule has 5 nitrogen and oxygen atoms in total. The van der Waals surface area contributed by atoms with Crippen molar-refractivity contribution in [3.05, 3.63) is 16.1 Å². The Labute approximate surface area is 167 Å². The number of guanidine groups is 1. The topological polar surface area (TPSA) is 52.6 Å². The standard InChI is InChI=1S/C17H31N5S.HI/c1-4-18-17(20-10-6-16-21-13-14(2)23-16)19-9-5-15-7-11-22(3)12-8-15;/h13,15H,4-12H2,1-3H3,(H2,18,19,20);1H. The Morgan fingerprint density at radius 2 is 2.12 bits per heavy atom. The molecule has 2 rings (SSSR count). The zero-order chi connectivity index (χ0) is 16.5. The lowest BCUT2D eigenvalue weighted by Crippen LogP contribution is -2.38. The van der Waals surface area contributed by atoms with Gasteiger partial charge in [-0.3, -0.25) is 4.99 Å². The van der Waals surface area contributed by atoms with Crippen molar-refractivity contribution in [1.82, 2.24) is 20.5 Å². The third-order valence-corrected chi connectivity index (χ3v) is 5.26. The Morgan fingerprint density at radius 3 is 2.75 bits per heavy atom. The van der Waals surface area contributed by atoms with E-state index in [0.717, 1.165) is 37.9 Å². The van der Waals surface area contributed by atoms with Crippen LogP contribution in [0.15, 0.2) is 11.2 Å². The molecule has 1 saturated heterocycles. The number of thiazole rings is 1. The van der Waals surface area contributed by atoms with Crippen molar-refractivity contribution in [3.63, 3.8) is 0 Å². The highest BCUT2D eigenvalue weighted by Crippen LogP contribution is 2.19. The Hall–Kier alpha value is -0.410. The lowest BCUT2D eigenvalue weighted by molar-refractivity contribution is 0.214. The van der Waals surface area contributed by atoms with Crippen LogP contribution < -0.4 is 10.6 Å². The molecule has 0 unspecified atom stereocenters. The van der Waals surface area contributed by atoms with Crippen LogP contribution in [0.2, 0.25) is 0 Å². The molecule has 1 aromatic heterocycles. The molecule has 0 bridgehead atoms. The number of rotatable bonds is 7. The Balaban J connectivity index is 0.00000288. The summed E-state index contributed by atoms with van der Waals surface area (Å²) < 4.78 is 0. The molecule has 1 aliphatic heterocycles. The van der Waals surface area contributed by atoms with E-state index in [9.17, 15) is 0 Å². The molecule has 0 radical (unpaired) electrons. The summed E-state index contributed by atoms with van der Waals surface area (Å²) in [5.41, 5.74) is 0. The summed E-state index contributed by atoms with van der Waals surface area (Å²) in [5.74, 6) is 1.78. The molecule has 0 aromatic carbocycles. The highest BCUT2D eigenvalue weighted by Gasteiger charge is 2.15. The largest absolute Gasteiger partial charge is 0.357 e. The first-order valence-corrected chi connectivity index (χ1v) is 9.61. The summed E-state index contributed by atoms with van der Waals surface area (Å²) in [6, 6.07) is 0. The first-order chi connectivity index (χ1) is 11.2. The fraction of sp³-hybridized carbons (Fsp3) is 0.765. The van der Waals surface area contributed by atoms with Crippen LogP contribution in [-0.2, 0) is 6.42 Å². The third-order valence-electron chi connectivity index (χ3n) is 4.29. The summed E-state index contributed by atoms with van der Waals surface area (Å²) >= 11 is 1.77. The van der Waals surface area contributed by atoms with Crippen LogP contribution >= 0.6 is 35.3 Å². The second-order valence-corrected chi connectivity index (χ2v) is 7.66. The lowest BCUT2D eigenvalue weighted by Gasteiger charge is -2.28. The van der Waals surface area contributed by atoms with E-state index >= 15 is 0 Å². The molecule has 1 aromatic rings. The van der Waals surface area contributed by atoms with Gasteiger partial charge in [0, 0.05) is 37.1 Å². The Morgan fingerprint density at radius 1 is 1.38 bits per heavy atom. The van der Waals surface area contributed by atoms with Gasteiger partial charge in [0.15, 0.2) is 5.96 Å². The highest BCUT2D eigenvalue weighted by molar-refractivity contribution is 14.0. The highest BCUT2D eigenvalue weighted by atomic mass is 127. The van der Waals surface area contributed by atoms with Crippen molar-refractivity contribution in [2.45, 2.75) is 39.5 Å². The fourth-order valence-corrected chi connectivity index (χ4v) is 3.64. The maximum absolute atomic E-state index is 4.73. The van der Waals surface area contributed by atoms with Crippen LogP contribution in [0, 0.1) is 12.8 Å². The predicted molar refractivity (Wildman–Crippen MR) is 115 cm³/mol. The van der Waals surface area contributed by atoms with Gasteiger partial charge in [-0.15, -0.1) is 35.3 Å². The van der Waals surface area contributed by atoms with Gasteiger partial charge in [0.05, 0.1) is 5.01 Å². The molecule has 0 aliphatic carbocycles. The summed E-state index contributed by atoms with van der Waals surface area (Å²) in [6.45, 7) is 9.38. The number of aromatic nitrogens is 1. The minimum Gasteiger partial charge on any atom is -0.357 e. The molecule has 7 heteroatoms. The van der Waals surface area contributed by atoms with Crippen molar-refractivity contribution in [2.75, 3.05) is 39.8 Å². The van der Waals surface area contributed by atoms with Crippen LogP contribution in [0.5, 0.6) is 0 Å². The number of piperidine rings is 1. The normalized spacial score (nSPS) is 16.7. The Bertz CT molecular complexity index is 483. The smallest absolute Gasteiger partial charge is 0.191 e. The van der Waals surface area contributed by atoms with Gasteiger partial charge < -0.3 is 15.5 Å². The predicted octanol–water partition coefficient (Wildman–Crippen LogP) is 2.90. The number of hydrogen-bond acceptors (Lipinski definition) is 4. The number of nitrogens with one attached hydrogen (secondary N) is 2. The first kappa shape index (κ1) is 21.6. The van der Waals surface area contributed by atoms with Gasteiger partial charge in [0.2, 0.25) is 0 Å². The molecule has 1 fully saturated rings. The van der Waals surface area contributed by atoms with Gasteiger partial charge in [0.25, 0.3) is 0 Å². The molecule has 0 amide bonds. The molecule has 2 heterocycles. The van der Waals surface area contributed by atoms with E-state index in [4.69, 9.17) is 4.99 Å². The number of likely N-dealkylation sites (tertiary alicyclic amines) is 1. The van der Waals surface area contributed by atoms with E-state index in [1.165, 1.54) is 42.2 Å². The maximum atomic E-state index is 4.73. The van der Waals surface area contributed by atoms with E-state index in [1.54, 1.807) is 11.3 Å².